The van der Waals surface area contributed by atoms with E-state index in [0.717, 1.165) is 52.5 Å². The van der Waals surface area contributed by atoms with Crippen LogP contribution in [0.25, 0.3) is 0 Å². The van der Waals surface area contributed by atoms with E-state index in [2.05, 4.69) is 48.1 Å². The lowest BCUT2D eigenvalue weighted by atomic mass is 10.4. The van der Waals surface area contributed by atoms with E-state index in [0.29, 0.717) is 0 Å². The van der Waals surface area contributed by atoms with Gasteiger partial charge < -0.3 is 25.9 Å². The fraction of sp³-hybridized carbons (Fsp3) is 0.833. The molecule has 5 N–H and O–H groups in total. The number of hydrogen-bond donors (Lipinski definition) is 3. The van der Waals surface area contributed by atoms with Crippen LogP contribution in [0.2, 0.25) is 0 Å². The number of aliphatic carboxylic acids is 1. The average Bonchev–Trinajstić information content (AvgIpc) is 2.56. The van der Waals surface area contributed by atoms with Gasteiger partial charge >= 0.3 is 0 Å². The van der Waals surface area contributed by atoms with Crippen LogP contribution in [0.4, 0.5) is 0 Å². The van der Waals surface area contributed by atoms with E-state index < -0.39 is 5.97 Å². The van der Waals surface area contributed by atoms with E-state index in [1.807, 2.05) is 13.8 Å². The van der Waals surface area contributed by atoms with Crippen LogP contribution in [-0.2, 0) is 9.59 Å². The Balaban J connectivity index is -0.0000000870. The summed E-state index contributed by atoms with van der Waals surface area (Å²) in [5.74, 6) is -1.03. The average molecular weight is 379 g/mol. The number of amides is 1. The van der Waals surface area contributed by atoms with Gasteiger partial charge in [0.15, 0.2) is 0 Å². The second-order valence-electron chi connectivity index (χ2n) is 5.59. The first-order valence-corrected chi connectivity index (χ1v) is 9.27. The van der Waals surface area contributed by atoms with Crippen molar-refractivity contribution in [2.24, 2.45) is 9.98 Å². The van der Waals surface area contributed by atoms with Crippen molar-refractivity contribution in [3.05, 3.63) is 0 Å². The van der Waals surface area contributed by atoms with Crippen LogP contribution in [0.5, 0.6) is 0 Å². The van der Waals surface area contributed by atoms with Gasteiger partial charge in [-0.05, 0) is 26.7 Å². The molecule has 0 saturated heterocycles. The van der Waals surface area contributed by atoms with Crippen LogP contribution in [-0.4, -0.2) is 64.7 Å². The lowest BCUT2D eigenvalue weighted by molar-refractivity contribution is -0.858. The van der Waals surface area contributed by atoms with Crippen molar-refractivity contribution in [3.8, 4) is 0 Å². The SMILES string of the molecule is CC(=O)[O-].CCCNC(C)=O.CCC[NH3+].CCN=C=NCCC[NH+](C)C.[HH]. The minimum absolute atomic E-state index is 0. The van der Waals surface area contributed by atoms with Gasteiger partial charge in [-0.2, -0.15) is 0 Å². The van der Waals surface area contributed by atoms with Gasteiger partial charge in [-0.25, -0.2) is 9.98 Å². The lowest BCUT2D eigenvalue weighted by Crippen LogP contribution is -3.05. The first kappa shape index (κ1) is 32.0. The van der Waals surface area contributed by atoms with Crippen molar-refractivity contribution < 1.29 is 26.8 Å². The van der Waals surface area contributed by atoms with Gasteiger partial charge in [0.25, 0.3) is 0 Å². The molecule has 0 aliphatic carbocycles. The molecular formula is C18H44N5O3+. The number of hydrogen-bond acceptors (Lipinski definition) is 5. The van der Waals surface area contributed by atoms with Crippen LogP contribution in [0.15, 0.2) is 9.98 Å². The van der Waals surface area contributed by atoms with Gasteiger partial charge in [-0.1, -0.05) is 13.8 Å². The summed E-state index contributed by atoms with van der Waals surface area (Å²) in [4.78, 5) is 28.3. The van der Waals surface area contributed by atoms with Gasteiger partial charge in [0.2, 0.25) is 5.91 Å². The van der Waals surface area contributed by atoms with E-state index >= 15 is 0 Å². The molecule has 0 aromatic carbocycles. The molecule has 8 heteroatoms. The zero-order valence-corrected chi connectivity index (χ0v) is 18.0. The Morgan fingerprint density at radius 3 is 1.92 bits per heavy atom. The largest absolute Gasteiger partial charge is 0.550 e. The summed E-state index contributed by atoms with van der Waals surface area (Å²) in [6.45, 7) is 13.3. The van der Waals surface area contributed by atoms with Crippen molar-refractivity contribution in [2.45, 2.75) is 53.9 Å². The van der Waals surface area contributed by atoms with Gasteiger partial charge in [-0.3, -0.25) is 4.79 Å². The van der Waals surface area contributed by atoms with Gasteiger partial charge in [0.05, 0.1) is 39.7 Å². The number of aliphatic imine (C=N–C) groups is 2. The summed E-state index contributed by atoms with van der Waals surface area (Å²) in [6.07, 6.45) is 3.34. The molecule has 0 aromatic heterocycles. The predicted molar refractivity (Wildman–Crippen MR) is 107 cm³/mol. The molecule has 0 fully saturated rings. The number of rotatable bonds is 8. The molecule has 0 heterocycles. The number of carboxylic acid groups (broad SMARTS) is 1. The Hall–Kier alpha value is -1.76. The van der Waals surface area contributed by atoms with Crippen molar-refractivity contribution in [1.82, 2.24) is 5.32 Å². The van der Waals surface area contributed by atoms with Crippen molar-refractivity contribution in [2.75, 3.05) is 46.8 Å². The van der Waals surface area contributed by atoms with Crippen LogP contribution in [0.1, 0.15) is 55.3 Å². The summed E-state index contributed by atoms with van der Waals surface area (Å²) < 4.78 is 0. The zero-order valence-electron chi connectivity index (χ0n) is 18.0. The first-order valence-electron chi connectivity index (χ1n) is 9.27. The molecule has 0 rings (SSSR count). The number of nitrogens with zero attached hydrogens (tertiary/aromatic N) is 2. The Morgan fingerprint density at radius 1 is 1.15 bits per heavy atom. The Kier molecular flexibility index (Phi) is 38.2. The Labute approximate surface area is 161 Å². The molecule has 8 nitrogen and oxygen atoms in total. The second-order valence-corrected chi connectivity index (χ2v) is 5.59. The van der Waals surface area contributed by atoms with E-state index in [9.17, 15) is 4.79 Å². The molecular weight excluding hydrogens is 334 g/mol. The lowest BCUT2D eigenvalue weighted by Gasteiger charge is -2.03. The number of nitrogens with one attached hydrogen (secondary N) is 2. The van der Waals surface area contributed by atoms with Crippen molar-refractivity contribution >= 4 is 17.9 Å². The number of quaternary nitrogens is 2. The molecule has 0 saturated carbocycles. The monoisotopic (exact) mass is 378 g/mol. The third kappa shape index (κ3) is 79.4. The number of carbonyl (C=O) groups is 2. The molecule has 0 bridgehead atoms. The maximum atomic E-state index is 10.1. The molecule has 0 aliphatic heterocycles. The van der Waals surface area contributed by atoms with E-state index in [-0.39, 0.29) is 7.33 Å². The Bertz CT molecular complexity index is 355. The van der Waals surface area contributed by atoms with Crippen LogP contribution in [0, 0.1) is 0 Å². The summed E-state index contributed by atoms with van der Waals surface area (Å²) >= 11 is 0. The van der Waals surface area contributed by atoms with Crippen LogP contribution >= 0.6 is 0 Å². The highest BCUT2D eigenvalue weighted by Gasteiger charge is 1.89. The highest BCUT2D eigenvalue weighted by Crippen LogP contribution is 1.73. The second kappa shape index (κ2) is 31.1. The third-order valence-electron chi connectivity index (χ3n) is 2.22. The first-order chi connectivity index (χ1) is 12.2. The molecule has 0 radical (unpaired) electrons. The molecule has 1 amide bonds. The molecule has 0 aliphatic rings. The standard InChI is InChI=1S/C8H17N3.C5H11NO.C3H9N.C2H4O2.H2/c1-4-9-8-10-6-5-7-11(2)3;1-3-4-6-5(2)7;1-2-3-4;1-2(3)4;/h4-7H2,1-3H3;3-4H2,1-2H3,(H,6,7);2-4H2,1H3;1H3,(H,3,4);1H/p+1. The molecule has 0 spiro atoms. The van der Waals surface area contributed by atoms with Gasteiger partial charge in [0.1, 0.15) is 0 Å². The van der Waals surface area contributed by atoms with Gasteiger partial charge in [0, 0.05) is 33.8 Å². The zero-order chi connectivity index (χ0) is 21.2. The molecule has 0 aromatic rings. The van der Waals surface area contributed by atoms with Crippen molar-refractivity contribution in [3.63, 3.8) is 0 Å². The highest BCUT2D eigenvalue weighted by atomic mass is 16.4. The van der Waals surface area contributed by atoms with E-state index in [1.54, 1.807) is 0 Å². The topological polar surface area (TPSA) is 126 Å². The normalized spacial score (nSPS) is 8.35. The number of carbonyl (C=O) groups excluding carboxylic acids is 2. The predicted octanol–water partition coefficient (Wildman–Crippen LogP) is -1.11. The molecule has 0 atom stereocenters. The maximum Gasteiger partial charge on any atom is 0.216 e. The summed E-state index contributed by atoms with van der Waals surface area (Å²) in [7, 11) is 4.29. The minimum Gasteiger partial charge on any atom is -0.550 e. The fourth-order valence-corrected chi connectivity index (χ4v) is 0.983. The fourth-order valence-electron chi connectivity index (χ4n) is 0.983. The Morgan fingerprint density at radius 2 is 1.65 bits per heavy atom. The van der Waals surface area contributed by atoms with E-state index in [1.165, 1.54) is 18.2 Å². The highest BCUT2D eigenvalue weighted by molar-refractivity contribution is 5.72. The minimum atomic E-state index is -1.08. The molecule has 0 unspecified atom stereocenters. The number of carboxylic acids is 1. The van der Waals surface area contributed by atoms with Crippen LogP contribution in [0.3, 0.4) is 0 Å². The van der Waals surface area contributed by atoms with E-state index in [4.69, 9.17) is 9.90 Å². The summed E-state index contributed by atoms with van der Waals surface area (Å²) in [6, 6.07) is 2.65. The quantitative estimate of drug-likeness (QED) is 0.366. The van der Waals surface area contributed by atoms with Crippen LogP contribution < -0.4 is 21.1 Å². The van der Waals surface area contributed by atoms with Crippen molar-refractivity contribution in [1.29, 1.82) is 0 Å². The van der Waals surface area contributed by atoms with Gasteiger partial charge in [-0.15, -0.1) is 0 Å². The molecule has 26 heavy (non-hydrogen) atoms. The smallest absolute Gasteiger partial charge is 0.216 e. The molecule has 158 valence electrons. The maximum absolute atomic E-state index is 10.1. The summed E-state index contributed by atoms with van der Waals surface area (Å²) in [5, 5.41) is 11.5. The third-order valence-corrected chi connectivity index (χ3v) is 2.22. The summed E-state index contributed by atoms with van der Waals surface area (Å²) in [5.41, 5.74) is 3.60.